The molecule has 0 N–H and O–H groups in total. The molecule has 128 valence electrons. The first-order valence-corrected chi connectivity index (χ1v) is 9.01. The number of anilines is 1. The van der Waals surface area contributed by atoms with Gasteiger partial charge in [0.1, 0.15) is 0 Å². The molecule has 3 rings (SSSR count). The first-order chi connectivity index (χ1) is 11.5. The van der Waals surface area contributed by atoms with Gasteiger partial charge in [0.25, 0.3) is 11.1 Å². The van der Waals surface area contributed by atoms with Crippen LogP contribution < -0.4 is 4.90 Å². The number of thioether (sulfide) groups is 1. The monoisotopic (exact) mass is 347 g/mol. The van der Waals surface area contributed by atoms with Crippen LogP contribution in [-0.4, -0.2) is 65.8 Å². The number of benzene rings is 1. The van der Waals surface area contributed by atoms with E-state index in [1.165, 1.54) is 4.90 Å². The van der Waals surface area contributed by atoms with Crippen LogP contribution in [0.25, 0.3) is 0 Å². The fourth-order valence-corrected chi connectivity index (χ4v) is 3.90. The van der Waals surface area contributed by atoms with Gasteiger partial charge in [-0.1, -0.05) is 11.8 Å². The predicted octanol–water partition coefficient (Wildman–Crippen LogP) is 2.05. The Morgan fingerprint density at radius 2 is 1.75 bits per heavy atom. The topological polar surface area (TPSA) is 60.9 Å². The second-order valence-corrected chi connectivity index (χ2v) is 7.21. The lowest BCUT2D eigenvalue weighted by Crippen LogP contribution is -2.48. The van der Waals surface area contributed by atoms with Gasteiger partial charge in [0.2, 0.25) is 5.91 Å². The number of imide groups is 1. The highest BCUT2D eigenvalue weighted by atomic mass is 32.2. The molecule has 2 aliphatic rings. The highest BCUT2D eigenvalue weighted by Crippen LogP contribution is 2.27. The number of carbonyl (C=O) groups excluding carboxylic acids is 3. The van der Waals surface area contributed by atoms with Crippen LogP contribution in [0.15, 0.2) is 24.3 Å². The lowest BCUT2D eigenvalue weighted by atomic mass is 10.0. The third-order valence-electron chi connectivity index (χ3n) is 4.53. The molecule has 2 heterocycles. The number of hydrogen-bond acceptors (Lipinski definition) is 5. The fraction of sp³-hybridized carbons (Fsp3) is 0.471. The summed E-state index contributed by atoms with van der Waals surface area (Å²) >= 11 is 1.07. The summed E-state index contributed by atoms with van der Waals surface area (Å²) in [5.74, 6) is 0.150. The minimum Gasteiger partial charge on any atom is -0.378 e. The van der Waals surface area contributed by atoms with Crippen molar-refractivity contribution in [1.82, 2.24) is 9.80 Å². The molecule has 0 radical (unpaired) electrons. The number of carbonyl (C=O) groups is 3. The van der Waals surface area contributed by atoms with Gasteiger partial charge >= 0.3 is 0 Å². The van der Waals surface area contributed by atoms with Crippen molar-refractivity contribution < 1.29 is 14.4 Å². The molecule has 0 saturated carbocycles. The summed E-state index contributed by atoms with van der Waals surface area (Å²) in [6.07, 6.45) is 1.30. The second-order valence-electron chi connectivity index (χ2n) is 6.28. The molecule has 7 heteroatoms. The highest BCUT2D eigenvalue weighted by molar-refractivity contribution is 8.14. The zero-order valence-electron chi connectivity index (χ0n) is 13.9. The van der Waals surface area contributed by atoms with E-state index in [1.54, 1.807) is 4.90 Å². The number of piperidine rings is 1. The van der Waals surface area contributed by atoms with Crippen LogP contribution in [0.4, 0.5) is 10.5 Å². The Labute approximate surface area is 145 Å². The van der Waals surface area contributed by atoms with Crippen molar-refractivity contribution in [2.45, 2.75) is 18.9 Å². The second kappa shape index (κ2) is 6.84. The largest absolute Gasteiger partial charge is 0.378 e. The Morgan fingerprint density at radius 1 is 1.12 bits per heavy atom. The van der Waals surface area contributed by atoms with E-state index in [0.29, 0.717) is 31.5 Å². The number of nitrogens with zero attached hydrogens (tertiary/aromatic N) is 3. The summed E-state index contributed by atoms with van der Waals surface area (Å²) in [5.41, 5.74) is 1.72. The number of hydrogen-bond donors (Lipinski definition) is 0. The van der Waals surface area contributed by atoms with Gasteiger partial charge in [-0.3, -0.25) is 19.3 Å². The summed E-state index contributed by atoms with van der Waals surface area (Å²) in [4.78, 5) is 41.4. The van der Waals surface area contributed by atoms with Gasteiger partial charge < -0.3 is 9.80 Å². The zero-order valence-corrected chi connectivity index (χ0v) is 14.7. The Kier molecular flexibility index (Phi) is 4.80. The van der Waals surface area contributed by atoms with E-state index < -0.39 is 0 Å². The van der Waals surface area contributed by atoms with Crippen LogP contribution in [0.5, 0.6) is 0 Å². The van der Waals surface area contributed by atoms with E-state index in [0.717, 1.165) is 17.4 Å². The molecule has 2 fully saturated rings. The first kappa shape index (κ1) is 16.8. The summed E-state index contributed by atoms with van der Waals surface area (Å²) < 4.78 is 0. The molecule has 0 bridgehead atoms. The van der Waals surface area contributed by atoms with Crippen LogP contribution in [0, 0.1) is 0 Å². The van der Waals surface area contributed by atoms with Crippen molar-refractivity contribution in [1.29, 1.82) is 0 Å². The third kappa shape index (κ3) is 3.26. The molecular formula is C17H21N3O3S. The van der Waals surface area contributed by atoms with E-state index in [-0.39, 0.29) is 28.8 Å². The minimum absolute atomic E-state index is 0.00667. The third-order valence-corrected chi connectivity index (χ3v) is 5.37. The molecule has 0 aromatic heterocycles. The highest BCUT2D eigenvalue weighted by Gasteiger charge is 2.38. The maximum Gasteiger partial charge on any atom is 0.289 e. The molecule has 1 aromatic carbocycles. The molecule has 3 amide bonds. The van der Waals surface area contributed by atoms with Crippen LogP contribution in [0.1, 0.15) is 23.2 Å². The molecule has 0 unspecified atom stereocenters. The molecule has 0 atom stereocenters. The molecule has 0 aliphatic carbocycles. The lowest BCUT2D eigenvalue weighted by molar-refractivity contribution is -0.126. The predicted molar refractivity (Wildman–Crippen MR) is 94.4 cm³/mol. The molecule has 2 aliphatic heterocycles. The first-order valence-electron chi connectivity index (χ1n) is 8.03. The molecule has 1 aromatic rings. The Balaban J connectivity index is 1.61. The normalized spacial score (nSPS) is 19.1. The smallest absolute Gasteiger partial charge is 0.289 e. The minimum atomic E-state index is -0.149. The van der Waals surface area contributed by atoms with Gasteiger partial charge in [-0.25, -0.2) is 0 Å². The van der Waals surface area contributed by atoms with Crippen molar-refractivity contribution in [3.63, 3.8) is 0 Å². The van der Waals surface area contributed by atoms with E-state index >= 15 is 0 Å². The maximum absolute atomic E-state index is 12.6. The van der Waals surface area contributed by atoms with Crippen molar-refractivity contribution in [2.75, 3.05) is 37.8 Å². The molecular weight excluding hydrogens is 326 g/mol. The van der Waals surface area contributed by atoms with Gasteiger partial charge in [-0.2, -0.15) is 0 Å². The van der Waals surface area contributed by atoms with E-state index in [9.17, 15) is 14.4 Å². The van der Waals surface area contributed by atoms with E-state index in [2.05, 4.69) is 0 Å². The lowest BCUT2D eigenvalue weighted by Gasteiger charge is -2.35. The zero-order chi connectivity index (χ0) is 17.3. The number of rotatable bonds is 3. The van der Waals surface area contributed by atoms with E-state index in [4.69, 9.17) is 0 Å². The molecule has 2 saturated heterocycles. The van der Waals surface area contributed by atoms with Crippen molar-refractivity contribution in [3.8, 4) is 0 Å². The Hall–Kier alpha value is -2.02. The number of likely N-dealkylation sites (tertiary alicyclic amines) is 1. The van der Waals surface area contributed by atoms with Gasteiger partial charge in [-0.15, -0.1) is 0 Å². The summed E-state index contributed by atoms with van der Waals surface area (Å²) in [6, 6.07) is 7.47. The van der Waals surface area contributed by atoms with Crippen LogP contribution in [-0.2, 0) is 4.79 Å². The molecule has 0 spiro atoms. The molecule has 6 nitrogen and oxygen atoms in total. The number of amides is 3. The van der Waals surface area contributed by atoms with Crippen molar-refractivity contribution >= 4 is 34.5 Å². The Bertz CT molecular complexity index is 636. The summed E-state index contributed by atoms with van der Waals surface area (Å²) in [7, 11) is 3.92. The van der Waals surface area contributed by atoms with Gasteiger partial charge in [-0.05, 0) is 37.1 Å². The summed E-state index contributed by atoms with van der Waals surface area (Å²) in [6.45, 7) is 1.14. The molecule has 24 heavy (non-hydrogen) atoms. The Morgan fingerprint density at radius 3 is 2.25 bits per heavy atom. The average molecular weight is 347 g/mol. The van der Waals surface area contributed by atoms with Crippen molar-refractivity contribution in [3.05, 3.63) is 29.8 Å². The van der Waals surface area contributed by atoms with Crippen LogP contribution in [0.3, 0.4) is 0 Å². The van der Waals surface area contributed by atoms with Crippen LogP contribution >= 0.6 is 11.8 Å². The fourth-order valence-electron chi connectivity index (χ4n) is 3.13. The average Bonchev–Trinajstić information content (AvgIpc) is 2.93. The van der Waals surface area contributed by atoms with E-state index in [1.807, 2.05) is 43.3 Å². The van der Waals surface area contributed by atoms with Crippen LogP contribution in [0.2, 0.25) is 0 Å². The van der Waals surface area contributed by atoms with Gasteiger partial charge in [0.05, 0.1) is 5.75 Å². The standard InChI is InChI=1S/C17H21N3O3S/c1-18(2)13-5-3-12(4-6-13)16(22)19-9-7-14(8-10-19)20-15(21)11-24-17(20)23/h3-6,14H,7-11H2,1-2H3. The van der Waals surface area contributed by atoms with Crippen molar-refractivity contribution in [2.24, 2.45) is 0 Å². The maximum atomic E-state index is 12.6. The summed E-state index contributed by atoms with van der Waals surface area (Å²) in [5, 5.41) is -0.149. The SMILES string of the molecule is CN(C)c1ccc(C(=O)N2CCC(N3C(=O)CSC3=O)CC2)cc1. The van der Waals surface area contributed by atoms with Gasteiger partial charge in [0.15, 0.2) is 0 Å². The quantitative estimate of drug-likeness (QED) is 0.837. The van der Waals surface area contributed by atoms with Gasteiger partial charge in [0, 0.05) is 44.5 Å².